The number of amides is 1. The van der Waals surface area contributed by atoms with E-state index in [1.54, 1.807) is 0 Å². The zero-order valence-electron chi connectivity index (χ0n) is 17.3. The molecule has 0 unspecified atom stereocenters. The minimum absolute atomic E-state index is 0.202. The first-order valence-corrected chi connectivity index (χ1v) is 9.77. The van der Waals surface area contributed by atoms with Crippen LogP contribution in [-0.4, -0.2) is 33.7 Å². The highest BCUT2D eigenvalue weighted by molar-refractivity contribution is 5.87. The molecule has 0 aliphatic carbocycles. The van der Waals surface area contributed by atoms with Crippen LogP contribution in [0.1, 0.15) is 39.2 Å². The highest BCUT2D eigenvalue weighted by atomic mass is 16.1. The van der Waals surface area contributed by atoms with Gasteiger partial charge in [0.25, 0.3) is 0 Å². The topological polar surface area (TPSA) is 64.2 Å². The maximum Gasteiger partial charge on any atom is 0.223 e. The van der Waals surface area contributed by atoms with Crippen molar-refractivity contribution in [3.63, 3.8) is 0 Å². The molecule has 2 N–H and O–H groups in total. The van der Waals surface area contributed by atoms with Crippen molar-refractivity contribution in [3.05, 3.63) is 60.0 Å². The lowest BCUT2D eigenvalue weighted by molar-refractivity contribution is -0.129. The summed E-state index contributed by atoms with van der Waals surface area (Å²) in [6.07, 6.45) is 7.47. The van der Waals surface area contributed by atoms with Crippen molar-refractivity contribution < 1.29 is 4.79 Å². The van der Waals surface area contributed by atoms with Gasteiger partial charge in [0.1, 0.15) is 0 Å². The van der Waals surface area contributed by atoms with E-state index in [1.807, 2.05) is 30.9 Å². The Morgan fingerprint density at radius 1 is 1.32 bits per heavy atom. The Morgan fingerprint density at radius 3 is 2.57 bits per heavy atom. The van der Waals surface area contributed by atoms with Crippen LogP contribution < -0.4 is 5.73 Å². The fourth-order valence-electron chi connectivity index (χ4n) is 3.92. The first-order valence-electron chi connectivity index (χ1n) is 9.77. The summed E-state index contributed by atoms with van der Waals surface area (Å²) in [4.78, 5) is 14.2. The summed E-state index contributed by atoms with van der Waals surface area (Å²) in [5.41, 5.74) is 10.9. The van der Waals surface area contributed by atoms with Gasteiger partial charge in [-0.1, -0.05) is 31.7 Å². The van der Waals surface area contributed by atoms with Crippen molar-refractivity contribution in [1.29, 1.82) is 0 Å². The molecule has 2 heterocycles. The minimum Gasteiger partial charge on any atom is -0.371 e. The first kappa shape index (κ1) is 19.9. The van der Waals surface area contributed by atoms with Gasteiger partial charge in [-0.15, -0.1) is 0 Å². The predicted molar refractivity (Wildman–Crippen MR) is 115 cm³/mol. The average Bonchev–Trinajstić information content (AvgIpc) is 3.06. The summed E-state index contributed by atoms with van der Waals surface area (Å²) in [6.45, 7) is 11.9. The van der Waals surface area contributed by atoms with E-state index in [0.29, 0.717) is 0 Å². The number of aromatic nitrogens is 2. The van der Waals surface area contributed by atoms with Crippen molar-refractivity contribution in [2.45, 2.75) is 33.6 Å². The standard InChI is InChI=1S/C23H30N4O/c1-6-16(3)21(27-12-10-23(4,11-13-27)22(24)28)19(7-2)17-8-9-20-18(14-17)15-25-26(20)5/h6-9,14-15H,2,10-13H2,1,3-5H3,(H2,24,28)/b16-6-,21-19-. The van der Waals surface area contributed by atoms with Gasteiger partial charge in [0.15, 0.2) is 0 Å². The summed E-state index contributed by atoms with van der Waals surface area (Å²) >= 11 is 0. The number of rotatable bonds is 5. The Hall–Kier alpha value is -2.82. The molecular formula is C23H30N4O. The lowest BCUT2D eigenvalue weighted by atomic mass is 9.79. The van der Waals surface area contributed by atoms with Gasteiger partial charge < -0.3 is 10.6 Å². The van der Waals surface area contributed by atoms with Gasteiger partial charge in [0.2, 0.25) is 5.91 Å². The number of hydrogen-bond donors (Lipinski definition) is 1. The molecule has 5 nitrogen and oxygen atoms in total. The molecule has 148 valence electrons. The van der Waals surface area contributed by atoms with Gasteiger partial charge in [-0.3, -0.25) is 9.48 Å². The van der Waals surface area contributed by atoms with Crippen LogP contribution in [0.25, 0.3) is 16.5 Å². The van der Waals surface area contributed by atoms with Crippen LogP contribution in [0.3, 0.4) is 0 Å². The van der Waals surface area contributed by atoms with E-state index in [-0.39, 0.29) is 5.91 Å². The Bertz CT molecular complexity index is 972. The van der Waals surface area contributed by atoms with Crippen LogP contribution in [0.2, 0.25) is 0 Å². The molecule has 0 bridgehead atoms. The molecule has 0 radical (unpaired) electrons. The van der Waals surface area contributed by atoms with Gasteiger partial charge >= 0.3 is 0 Å². The number of aryl methyl sites for hydroxylation is 1. The summed E-state index contributed by atoms with van der Waals surface area (Å²) in [5, 5.41) is 5.46. The monoisotopic (exact) mass is 378 g/mol. The molecule has 28 heavy (non-hydrogen) atoms. The number of hydrogen-bond acceptors (Lipinski definition) is 3. The quantitative estimate of drug-likeness (QED) is 0.799. The lowest BCUT2D eigenvalue weighted by Gasteiger charge is -2.40. The maximum absolute atomic E-state index is 11.8. The number of nitrogens with two attached hydrogens (primary N) is 1. The third kappa shape index (κ3) is 3.49. The Labute approximate surface area is 167 Å². The minimum atomic E-state index is -0.422. The van der Waals surface area contributed by atoms with Gasteiger partial charge in [0.05, 0.1) is 11.7 Å². The van der Waals surface area contributed by atoms with Crippen molar-refractivity contribution >= 4 is 22.4 Å². The molecule has 5 heteroatoms. The molecule has 1 aromatic heterocycles. The second kappa shape index (κ2) is 7.66. The summed E-state index contributed by atoms with van der Waals surface area (Å²) in [5.74, 6) is -0.202. The fraction of sp³-hybridized carbons (Fsp3) is 0.391. The second-order valence-corrected chi connectivity index (χ2v) is 7.89. The number of carbonyl (C=O) groups excluding carboxylic acids is 1. The molecular weight excluding hydrogens is 348 g/mol. The molecule has 1 saturated heterocycles. The van der Waals surface area contributed by atoms with E-state index in [0.717, 1.165) is 48.0 Å². The van der Waals surface area contributed by atoms with Crippen LogP contribution in [-0.2, 0) is 11.8 Å². The number of piperidine rings is 1. The zero-order valence-corrected chi connectivity index (χ0v) is 17.3. The second-order valence-electron chi connectivity index (χ2n) is 7.89. The molecule has 1 aliphatic rings. The van der Waals surface area contributed by atoms with Gasteiger partial charge in [-0.25, -0.2) is 0 Å². The largest absolute Gasteiger partial charge is 0.371 e. The van der Waals surface area contributed by atoms with E-state index in [9.17, 15) is 4.79 Å². The Morgan fingerprint density at radius 2 is 2.00 bits per heavy atom. The molecule has 0 saturated carbocycles. The molecule has 1 aliphatic heterocycles. The number of fused-ring (bicyclic) bond motifs is 1. The van der Waals surface area contributed by atoms with Crippen LogP contribution in [0.4, 0.5) is 0 Å². The van der Waals surface area contributed by atoms with E-state index in [2.05, 4.69) is 54.7 Å². The van der Waals surface area contributed by atoms with E-state index >= 15 is 0 Å². The number of allylic oxidation sites excluding steroid dienone is 4. The molecule has 1 aromatic carbocycles. The van der Waals surface area contributed by atoms with Crippen molar-refractivity contribution in [3.8, 4) is 0 Å². The number of benzene rings is 1. The van der Waals surface area contributed by atoms with E-state index in [1.165, 1.54) is 11.3 Å². The van der Waals surface area contributed by atoms with Crippen LogP contribution in [0.15, 0.2) is 54.4 Å². The highest BCUT2D eigenvalue weighted by Gasteiger charge is 2.36. The van der Waals surface area contributed by atoms with Crippen LogP contribution in [0, 0.1) is 5.41 Å². The number of likely N-dealkylation sites (tertiary alicyclic amines) is 1. The summed E-state index contributed by atoms with van der Waals surface area (Å²) in [7, 11) is 1.95. The SMILES string of the molecule is C=C/C(=C(\C(C)=C/C)N1CCC(C)(C(N)=O)CC1)c1ccc2c(cnn2C)c1. The van der Waals surface area contributed by atoms with Crippen molar-refractivity contribution in [2.75, 3.05) is 13.1 Å². The predicted octanol–water partition coefficient (Wildman–Crippen LogP) is 4.02. The summed E-state index contributed by atoms with van der Waals surface area (Å²) in [6, 6.07) is 6.39. The molecule has 3 rings (SSSR count). The van der Waals surface area contributed by atoms with Gasteiger partial charge in [0, 0.05) is 42.2 Å². The highest BCUT2D eigenvalue weighted by Crippen LogP contribution is 2.36. The average molecular weight is 379 g/mol. The van der Waals surface area contributed by atoms with Gasteiger partial charge in [-0.05, 0) is 50.0 Å². The zero-order chi connectivity index (χ0) is 20.5. The van der Waals surface area contributed by atoms with E-state index < -0.39 is 5.41 Å². The number of carbonyl (C=O) groups is 1. The molecule has 2 aromatic rings. The maximum atomic E-state index is 11.8. The number of primary amides is 1. The third-order valence-corrected chi connectivity index (χ3v) is 6.10. The molecule has 1 fully saturated rings. The lowest BCUT2D eigenvalue weighted by Crippen LogP contribution is -2.45. The molecule has 1 amide bonds. The molecule has 0 atom stereocenters. The normalized spacial score (nSPS) is 18.1. The van der Waals surface area contributed by atoms with E-state index in [4.69, 9.17) is 5.73 Å². The van der Waals surface area contributed by atoms with Crippen molar-refractivity contribution in [2.24, 2.45) is 18.2 Å². The van der Waals surface area contributed by atoms with Gasteiger partial charge in [-0.2, -0.15) is 5.10 Å². The Kier molecular flexibility index (Phi) is 5.45. The summed E-state index contributed by atoms with van der Waals surface area (Å²) < 4.78 is 1.88. The van der Waals surface area contributed by atoms with Crippen LogP contribution in [0.5, 0.6) is 0 Å². The number of nitrogens with zero attached hydrogens (tertiary/aromatic N) is 3. The third-order valence-electron chi connectivity index (χ3n) is 6.10. The Balaban J connectivity index is 2.06. The smallest absolute Gasteiger partial charge is 0.223 e. The fourth-order valence-corrected chi connectivity index (χ4v) is 3.92. The van der Waals surface area contributed by atoms with Crippen molar-refractivity contribution in [1.82, 2.24) is 14.7 Å². The molecule has 0 spiro atoms. The van der Waals surface area contributed by atoms with Crippen LogP contribution >= 0.6 is 0 Å². The first-order chi connectivity index (χ1) is 13.3.